The van der Waals surface area contributed by atoms with Gasteiger partial charge in [0.05, 0.1) is 0 Å². The Bertz CT molecular complexity index is 412. The van der Waals surface area contributed by atoms with Crippen LogP contribution in [-0.4, -0.2) is 46.8 Å². The van der Waals surface area contributed by atoms with Gasteiger partial charge >= 0.3 is 12.0 Å². The van der Waals surface area contributed by atoms with Crippen molar-refractivity contribution < 1.29 is 19.4 Å². The van der Waals surface area contributed by atoms with Crippen molar-refractivity contribution in [2.24, 2.45) is 0 Å². The quantitative estimate of drug-likeness (QED) is 0.620. The van der Waals surface area contributed by atoms with Gasteiger partial charge in [0, 0.05) is 26.1 Å². The molecule has 1 heterocycles. The molecule has 0 bridgehead atoms. The number of urea groups is 1. The Balaban J connectivity index is 2.45. The Morgan fingerprint density at radius 2 is 2.11 bits per heavy atom. The highest BCUT2D eigenvalue weighted by molar-refractivity contribution is 5.90. The van der Waals surface area contributed by atoms with Crippen molar-refractivity contribution in [1.29, 1.82) is 0 Å². The van der Waals surface area contributed by atoms with Gasteiger partial charge in [0.1, 0.15) is 6.04 Å². The van der Waals surface area contributed by atoms with E-state index in [9.17, 15) is 9.59 Å². The van der Waals surface area contributed by atoms with Crippen molar-refractivity contribution in [3.8, 4) is 0 Å². The van der Waals surface area contributed by atoms with Crippen LogP contribution in [0.15, 0.2) is 18.5 Å². The first-order valence-electron chi connectivity index (χ1n) is 5.69. The largest absolute Gasteiger partial charge is 0.480 e. The minimum Gasteiger partial charge on any atom is -0.480 e. The molecule has 8 heteroatoms. The van der Waals surface area contributed by atoms with E-state index in [0.717, 1.165) is 0 Å². The highest BCUT2D eigenvalue weighted by atomic mass is 16.5. The molecule has 0 saturated carbocycles. The molecule has 0 radical (unpaired) electrons. The van der Waals surface area contributed by atoms with E-state index < -0.39 is 18.0 Å². The molecular weight excluding hydrogens is 252 g/mol. The van der Waals surface area contributed by atoms with Crippen molar-refractivity contribution >= 4 is 17.9 Å². The van der Waals surface area contributed by atoms with Gasteiger partial charge in [-0.2, -0.15) is 0 Å². The number of hydrogen-bond donors (Lipinski definition) is 3. The molecule has 1 aromatic rings. The summed E-state index contributed by atoms with van der Waals surface area (Å²) in [4.78, 5) is 30.1. The maximum absolute atomic E-state index is 11.6. The number of rotatable bonds is 7. The first kappa shape index (κ1) is 14.8. The molecule has 2 amide bonds. The summed E-state index contributed by atoms with van der Waals surface area (Å²) in [5.74, 6) is -0.985. The molecule has 0 spiro atoms. The van der Waals surface area contributed by atoms with Gasteiger partial charge in [-0.15, -0.1) is 0 Å². The molecule has 0 aliphatic carbocycles. The summed E-state index contributed by atoms with van der Waals surface area (Å²) >= 11 is 0. The zero-order chi connectivity index (χ0) is 14.1. The van der Waals surface area contributed by atoms with Gasteiger partial charge in [-0.1, -0.05) is 0 Å². The van der Waals surface area contributed by atoms with Crippen LogP contribution < -0.4 is 10.6 Å². The molecule has 8 nitrogen and oxygen atoms in total. The fourth-order valence-corrected chi connectivity index (χ4v) is 1.35. The number of methoxy groups -OCH3 is 1. The third-order valence-corrected chi connectivity index (χ3v) is 2.24. The third-order valence-electron chi connectivity index (χ3n) is 2.24. The average molecular weight is 268 g/mol. The predicted molar refractivity (Wildman–Crippen MR) is 66.7 cm³/mol. The number of amides is 2. The van der Waals surface area contributed by atoms with Crippen LogP contribution in [-0.2, 0) is 9.53 Å². The monoisotopic (exact) mass is 268 g/mol. The van der Waals surface area contributed by atoms with Gasteiger partial charge in [0.25, 0.3) is 0 Å². The van der Waals surface area contributed by atoms with Crippen molar-refractivity contribution in [3.63, 3.8) is 0 Å². The second kappa shape index (κ2) is 7.98. The lowest BCUT2D eigenvalue weighted by molar-refractivity contribution is -0.139. The van der Waals surface area contributed by atoms with E-state index in [-0.39, 0.29) is 12.4 Å². The van der Waals surface area contributed by atoms with Gasteiger partial charge in [-0.25, -0.2) is 19.6 Å². The average Bonchev–Trinajstić information content (AvgIpc) is 2.38. The Hall–Kier alpha value is -2.22. The second-order valence-corrected chi connectivity index (χ2v) is 3.70. The first-order chi connectivity index (χ1) is 9.13. The van der Waals surface area contributed by atoms with Crippen LogP contribution in [0, 0.1) is 0 Å². The lowest BCUT2D eigenvalue weighted by Gasteiger charge is -2.14. The molecule has 3 N–H and O–H groups in total. The van der Waals surface area contributed by atoms with Crippen LogP contribution in [0.3, 0.4) is 0 Å². The molecule has 1 atom stereocenters. The smallest absolute Gasteiger partial charge is 0.326 e. The number of hydrogen-bond acceptors (Lipinski definition) is 5. The summed E-state index contributed by atoms with van der Waals surface area (Å²) in [6, 6.07) is -0.0247. The van der Waals surface area contributed by atoms with Crippen LogP contribution in [0.25, 0.3) is 0 Å². The number of anilines is 1. The second-order valence-electron chi connectivity index (χ2n) is 3.70. The number of ether oxygens (including phenoxy) is 1. The summed E-state index contributed by atoms with van der Waals surface area (Å²) < 4.78 is 4.83. The van der Waals surface area contributed by atoms with E-state index in [1.165, 1.54) is 19.5 Å². The molecule has 1 aromatic heterocycles. The maximum Gasteiger partial charge on any atom is 0.326 e. The molecule has 1 unspecified atom stereocenters. The number of nitrogens with one attached hydrogen (secondary N) is 2. The lowest BCUT2D eigenvalue weighted by Crippen LogP contribution is -2.43. The minimum absolute atomic E-state index is 0.112. The molecule has 0 saturated heterocycles. The molecule has 19 heavy (non-hydrogen) atoms. The summed E-state index contributed by atoms with van der Waals surface area (Å²) in [5.41, 5.74) is 0. The van der Waals surface area contributed by atoms with Gasteiger partial charge in [0.2, 0.25) is 5.95 Å². The van der Waals surface area contributed by atoms with E-state index >= 15 is 0 Å². The summed E-state index contributed by atoms with van der Waals surface area (Å²) in [6.45, 7) is 0.439. The molecule has 0 aliphatic rings. The number of carbonyl (C=O) groups excluding carboxylic acids is 1. The fourth-order valence-electron chi connectivity index (χ4n) is 1.35. The van der Waals surface area contributed by atoms with Gasteiger partial charge in [-0.05, 0) is 18.9 Å². The van der Waals surface area contributed by atoms with Crippen molar-refractivity contribution in [3.05, 3.63) is 18.5 Å². The Morgan fingerprint density at radius 3 is 2.68 bits per heavy atom. The van der Waals surface area contributed by atoms with Gasteiger partial charge in [0.15, 0.2) is 0 Å². The molecule has 104 valence electrons. The SMILES string of the molecule is COCCCC(NC(=O)Nc1ncccn1)C(=O)O. The van der Waals surface area contributed by atoms with Crippen LogP contribution in [0.5, 0.6) is 0 Å². The molecule has 0 fully saturated rings. The van der Waals surface area contributed by atoms with Gasteiger partial charge in [-0.3, -0.25) is 5.32 Å². The molecule has 1 rings (SSSR count). The van der Waals surface area contributed by atoms with E-state index in [2.05, 4.69) is 20.6 Å². The topological polar surface area (TPSA) is 113 Å². The molecule has 0 aromatic carbocycles. The number of carboxylic acids is 1. The summed E-state index contributed by atoms with van der Waals surface area (Å²) in [7, 11) is 1.53. The zero-order valence-electron chi connectivity index (χ0n) is 10.5. The van der Waals surface area contributed by atoms with E-state index in [4.69, 9.17) is 9.84 Å². The molecule has 0 aliphatic heterocycles. The minimum atomic E-state index is -1.10. The van der Waals surface area contributed by atoms with Crippen LogP contribution >= 0.6 is 0 Å². The number of aliphatic carboxylic acids is 1. The Labute approximate surface area is 110 Å². The lowest BCUT2D eigenvalue weighted by atomic mass is 10.1. The van der Waals surface area contributed by atoms with Crippen molar-refractivity contribution in [1.82, 2.24) is 15.3 Å². The van der Waals surface area contributed by atoms with Crippen molar-refractivity contribution in [2.75, 3.05) is 19.0 Å². The maximum atomic E-state index is 11.6. The van der Waals surface area contributed by atoms with Crippen LogP contribution in [0.1, 0.15) is 12.8 Å². The van der Waals surface area contributed by atoms with Gasteiger partial charge < -0.3 is 15.2 Å². The summed E-state index contributed by atoms with van der Waals surface area (Å²) in [6.07, 6.45) is 3.76. The van der Waals surface area contributed by atoms with E-state index in [1.807, 2.05) is 0 Å². The number of carboxylic acid groups (broad SMARTS) is 1. The van der Waals surface area contributed by atoms with E-state index in [0.29, 0.717) is 13.0 Å². The number of nitrogens with zero attached hydrogens (tertiary/aromatic N) is 2. The normalized spacial score (nSPS) is 11.6. The highest BCUT2D eigenvalue weighted by Gasteiger charge is 2.19. The Morgan fingerprint density at radius 1 is 1.42 bits per heavy atom. The van der Waals surface area contributed by atoms with Crippen LogP contribution in [0.2, 0.25) is 0 Å². The third kappa shape index (κ3) is 5.77. The highest BCUT2D eigenvalue weighted by Crippen LogP contribution is 2.00. The summed E-state index contributed by atoms with van der Waals surface area (Å²) in [5, 5.41) is 13.7. The van der Waals surface area contributed by atoms with E-state index in [1.54, 1.807) is 6.07 Å². The Kier molecular flexibility index (Phi) is 6.23. The number of carbonyl (C=O) groups is 2. The predicted octanol–water partition coefficient (Wildman–Crippen LogP) is 0.478. The standard InChI is InChI=1S/C11H16N4O4/c1-19-7-2-4-8(9(16)17)14-11(18)15-10-12-5-3-6-13-10/h3,5-6,8H,2,4,7H2,1H3,(H,16,17)(H2,12,13,14,15,18). The molecular formula is C11H16N4O4. The zero-order valence-corrected chi connectivity index (χ0v) is 10.5. The van der Waals surface area contributed by atoms with Crippen molar-refractivity contribution in [2.45, 2.75) is 18.9 Å². The number of aromatic nitrogens is 2. The first-order valence-corrected chi connectivity index (χ1v) is 5.69. The van der Waals surface area contributed by atoms with Crippen LogP contribution in [0.4, 0.5) is 10.7 Å². The fraction of sp³-hybridized carbons (Fsp3) is 0.455.